The fourth-order valence-corrected chi connectivity index (χ4v) is 2.62. The number of nitrogens with zero attached hydrogens (tertiary/aromatic N) is 2. The van der Waals surface area contributed by atoms with E-state index in [2.05, 4.69) is 22.0 Å². The maximum Gasteiger partial charge on any atom is 0.196 e. The average molecular weight is 231 g/mol. The molecule has 1 fully saturated rings. The molecule has 0 aliphatic carbocycles. The Hall–Kier alpha value is -1.55. The molecular formula is C13H17N3O. The average Bonchev–Trinajstić information content (AvgIpc) is 2.98. The highest BCUT2D eigenvalue weighted by molar-refractivity contribution is 5.97. The van der Waals surface area contributed by atoms with E-state index in [1.165, 1.54) is 0 Å². The summed E-state index contributed by atoms with van der Waals surface area (Å²) in [6.07, 6.45) is 2.51. The van der Waals surface area contributed by atoms with Crippen LogP contribution in [0.4, 0.5) is 5.69 Å². The second-order valence-electron chi connectivity index (χ2n) is 4.52. The summed E-state index contributed by atoms with van der Waals surface area (Å²) in [7, 11) is 0. The van der Waals surface area contributed by atoms with Crippen molar-refractivity contribution in [2.24, 2.45) is 10.7 Å². The minimum absolute atomic E-state index is 0.264. The third-order valence-electron chi connectivity index (χ3n) is 3.45. The molecule has 2 aliphatic rings. The highest BCUT2D eigenvalue weighted by atomic mass is 16.5. The van der Waals surface area contributed by atoms with E-state index in [0.29, 0.717) is 5.96 Å². The topological polar surface area (TPSA) is 50.9 Å². The molecule has 0 amide bonds. The van der Waals surface area contributed by atoms with Crippen LogP contribution in [0, 0.1) is 0 Å². The van der Waals surface area contributed by atoms with E-state index in [0.717, 1.165) is 31.7 Å². The molecule has 1 saturated heterocycles. The second kappa shape index (κ2) is 4.37. The molecule has 2 unspecified atom stereocenters. The minimum atomic E-state index is 0.264. The molecule has 3 rings (SSSR count). The maximum absolute atomic E-state index is 5.99. The van der Waals surface area contributed by atoms with E-state index >= 15 is 0 Å². The van der Waals surface area contributed by atoms with Gasteiger partial charge in [0.05, 0.1) is 18.7 Å². The van der Waals surface area contributed by atoms with E-state index < -0.39 is 0 Å². The SMILES string of the molecule is NC1=NCC(C2CCCO2)N1c1ccccc1. The van der Waals surface area contributed by atoms with Gasteiger partial charge in [-0.05, 0) is 25.0 Å². The molecule has 4 heteroatoms. The van der Waals surface area contributed by atoms with Crippen LogP contribution in [0.3, 0.4) is 0 Å². The molecule has 0 saturated carbocycles. The smallest absolute Gasteiger partial charge is 0.196 e. The molecule has 2 atom stereocenters. The van der Waals surface area contributed by atoms with Gasteiger partial charge in [-0.3, -0.25) is 4.99 Å². The van der Waals surface area contributed by atoms with Crippen molar-refractivity contribution in [3.63, 3.8) is 0 Å². The van der Waals surface area contributed by atoms with Crippen molar-refractivity contribution in [1.29, 1.82) is 0 Å². The highest BCUT2D eigenvalue weighted by Crippen LogP contribution is 2.27. The monoisotopic (exact) mass is 231 g/mol. The predicted octanol–water partition coefficient (Wildman–Crippen LogP) is 1.37. The van der Waals surface area contributed by atoms with Gasteiger partial charge >= 0.3 is 0 Å². The molecule has 1 aromatic rings. The number of aliphatic imine (C=N–C) groups is 1. The fraction of sp³-hybridized carbons (Fsp3) is 0.462. The molecule has 2 aliphatic heterocycles. The highest BCUT2D eigenvalue weighted by Gasteiger charge is 2.36. The first-order chi connectivity index (χ1) is 8.36. The zero-order valence-corrected chi connectivity index (χ0v) is 9.75. The molecule has 2 heterocycles. The van der Waals surface area contributed by atoms with Crippen molar-refractivity contribution in [2.75, 3.05) is 18.1 Å². The summed E-state index contributed by atoms with van der Waals surface area (Å²) >= 11 is 0. The Morgan fingerprint density at radius 2 is 2.12 bits per heavy atom. The quantitative estimate of drug-likeness (QED) is 0.836. The largest absolute Gasteiger partial charge is 0.376 e. The molecular weight excluding hydrogens is 214 g/mol. The van der Waals surface area contributed by atoms with Crippen LogP contribution < -0.4 is 10.6 Å². The van der Waals surface area contributed by atoms with Crippen LogP contribution in [-0.4, -0.2) is 31.3 Å². The van der Waals surface area contributed by atoms with Crippen LogP contribution in [0.25, 0.3) is 0 Å². The molecule has 0 aromatic heterocycles. The Kier molecular flexibility index (Phi) is 2.73. The van der Waals surface area contributed by atoms with E-state index in [1.54, 1.807) is 0 Å². The Bertz CT molecular complexity index is 412. The molecule has 17 heavy (non-hydrogen) atoms. The van der Waals surface area contributed by atoms with Gasteiger partial charge in [-0.25, -0.2) is 0 Å². The maximum atomic E-state index is 5.99. The van der Waals surface area contributed by atoms with Crippen molar-refractivity contribution < 1.29 is 4.74 Å². The normalized spacial score (nSPS) is 28.5. The molecule has 90 valence electrons. The summed E-state index contributed by atoms with van der Waals surface area (Å²) in [5.74, 6) is 0.608. The standard InChI is InChI=1S/C13H17N3O/c14-13-15-9-11(12-7-4-8-17-12)16(13)10-5-2-1-3-6-10/h1-3,5-6,11-12H,4,7-9H2,(H2,14,15). The number of hydrogen-bond acceptors (Lipinski definition) is 4. The molecule has 0 bridgehead atoms. The number of guanidine groups is 1. The van der Waals surface area contributed by atoms with Crippen molar-refractivity contribution >= 4 is 11.6 Å². The Morgan fingerprint density at radius 3 is 2.82 bits per heavy atom. The number of ether oxygens (including phenoxy) is 1. The van der Waals surface area contributed by atoms with E-state index in [1.807, 2.05) is 18.2 Å². The summed E-state index contributed by atoms with van der Waals surface area (Å²) in [5.41, 5.74) is 7.09. The molecule has 0 spiro atoms. The minimum Gasteiger partial charge on any atom is -0.376 e. The summed E-state index contributed by atoms with van der Waals surface area (Å²) in [6.45, 7) is 1.61. The summed E-state index contributed by atoms with van der Waals surface area (Å²) < 4.78 is 5.77. The Morgan fingerprint density at radius 1 is 1.29 bits per heavy atom. The van der Waals surface area contributed by atoms with Crippen LogP contribution in [0.5, 0.6) is 0 Å². The summed E-state index contributed by atoms with van der Waals surface area (Å²) in [4.78, 5) is 6.47. The molecule has 1 aromatic carbocycles. The van der Waals surface area contributed by atoms with Crippen molar-refractivity contribution in [2.45, 2.75) is 25.0 Å². The van der Waals surface area contributed by atoms with Gasteiger partial charge in [-0.15, -0.1) is 0 Å². The number of anilines is 1. The van der Waals surface area contributed by atoms with Gasteiger partial charge in [0.2, 0.25) is 0 Å². The van der Waals surface area contributed by atoms with Gasteiger partial charge in [0.25, 0.3) is 0 Å². The van der Waals surface area contributed by atoms with E-state index in [9.17, 15) is 0 Å². The number of nitrogens with two attached hydrogens (primary N) is 1. The number of rotatable bonds is 2. The number of para-hydroxylation sites is 1. The first-order valence-electron chi connectivity index (χ1n) is 6.12. The van der Waals surface area contributed by atoms with Crippen LogP contribution in [0.1, 0.15) is 12.8 Å². The number of hydrogen-bond donors (Lipinski definition) is 1. The van der Waals surface area contributed by atoms with E-state index in [-0.39, 0.29) is 12.1 Å². The van der Waals surface area contributed by atoms with Crippen molar-refractivity contribution in [1.82, 2.24) is 0 Å². The van der Waals surface area contributed by atoms with Crippen LogP contribution in [0.15, 0.2) is 35.3 Å². The van der Waals surface area contributed by atoms with Crippen molar-refractivity contribution in [3.05, 3.63) is 30.3 Å². The van der Waals surface area contributed by atoms with E-state index in [4.69, 9.17) is 10.5 Å². The fourth-order valence-electron chi connectivity index (χ4n) is 2.62. The lowest BCUT2D eigenvalue weighted by Crippen LogP contribution is -2.47. The van der Waals surface area contributed by atoms with Gasteiger partial charge in [-0.1, -0.05) is 18.2 Å². The van der Waals surface area contributed by atoms with Crippen LogP contribution in [-0.2, 0) is 4.74 Å². The third kappa shape index (κ3) is 1.89. The third-order valence-corrected chi connectivity index (χ3v) is 3.45. The summed E-state index contributed by atoms with van der Waals surface area (Å²) in [5, 5.41) is 0. The van der Waals surface area contributed by atoms with Crippen LogP contribution >= 0.6 is 0 Å². The zero-order valence-electron chi connectivity index (χ0n) is 9.75. The van der Waals surface area contributed by atoms with Gasteiger partial charge in [0.1, 0.15) is 0 Å². The Labute approximate surface area is 101 Å². The van der Waals surface area contributed by atoms with Gasteiger partial charge in [-0.2, -0.15) is 0 Å². The lowest BCUT2D eigenvalue weighted by molar-refractivity contribution is 0.0947. The Balaban J connectivity index is 1.86. The molecule has 4 nitrogen and oxygen atoms in total. The number of benzene rings is 1. The van der Waals surface area contributed by atoms with Gasteiger partial charge in [0, 0.05) is 12.3 Å². The van der Waals surface area contributed by atoms with Gasteiger partial charge in [0.15, 0.2) is 5.96 Å². The lowest BCUT2D eigenvalue weighted by Gasteiger charge is -2.29. The zero-order chi connectivity index (χ0) is 11.7. The molecule has 0 radical (unpaired) electrons. The first kappa shape index (κ1) is 10.6. The van der Waals surface area contributed by atoms with Crippen LogP contribution in [0.2, 0.25) is 0 Å². The first-order valence-corrected chi connectivity index (χ1v) is 6.12. The lowest BCUT2D eigenvalue weighted by atomic mass is 10.1. The second-order valence-corrected chi connectivity index (χ2v) is 4.52. The predicted molar refractivity (Wildman–Crippen MR) is 68.2 cm³/mol. The summed E-state index contributed by atoms with van der Waals surface area (Å²) in [6, 6.07) is 10.4. The molecule has 2 N–H and O–H groups in total. The van der Waals surface area contributed by atoms with Gasteiger partial charge < -0.3 is 15.4 Å². The van der Waals surface area contributed by atoms with Crippen molar-refractivity contribution in [3.8, 4) is 0 Å².